The first-order valence-electron chi connectivity index (χ1n) is 16.6. The lowest BCUT2D eigenvalue weighted by Crippen LogP contribution is -1.97. The number of para-hydroxylation sites is 2. The van der Waals surface area contributed by atoms with E-state index in [2.05, 4.69) is 179 Å². The maximum atomic E-state index is 2.51. The van der Waals surface area contributed by atoms with E-state index in [9.17, 15) is 0 Å². The van der Waals surface area contributed by atoms with E-state index in [1.165, 1.54) is 99.1 Å². The normalized spacial score (nSPS) is 12.2. The molecule has 2 nitrogen and oxygen atoms in total. The van der Waals surface area contributed by atoms with Crippen LogP contribution in [0.4, 0.5) is 0 Å². The monoisotopic (exact) mass is 608 g/mol. The Bertz CT molecular complexity index is 2870. The average molecular weight is 609 g/mol. The molecule has 1 aliphatic rings. The lowest BCUT2D eigenvalue weighted by Gasteiger charge is -2.14. The van der Waals surface area contributed by atoms with E-state index in [-0.39, 0.29) is 0 Å². The van der Waals surface area contributed by atoms with Crippen molar-refractivity contribution in [2.24, 2.45) is 0 Å². The van der Waals surface area contributed by atoms with Crippen molar-refractivity contribution >= 4 is 54.3 Å². The first-order chi connectivity index (χ1) is 23.8. The zero-order valence-corrected chi connectivity index (χ0v) is 26.1. The van der Waals surface area contributed by atoms with Crippen molar-refractivity contribution in [3.05, 3.63) is 170 Å². The summed E-state index contributed by atoms with van der Waals surface area (Å²) in [6, 6.07) is 62.4. The summed E-state index contributed by atoms with van der Waals surface area (Å²) < 4.78 is 4.89. The third-order valence-electron chi connectivity index (χ3n) is 10.4. The molecule has 48 heavy (non-hydrogen) atoms. The SMILES string of the molecule is c1ccc2c(-n3c4c(c5cc(-c6ccc(-n7c8ccccc8c8ccccc87)cc6)ccc53)-c3cccc5cccc-4c35)cccc2c1. The molecule has 8 aromatic carbocycles. The van der Waals surface area contributed by atoms with Crippen molar-refractivity contribution in [2.45, 2.75) is 0 Å². The molecule has 0 aliphatic heterocycles. The molecule has 0 unspecified atom stereocenters. The quantitative estimate of drug-likeness (QED) is 0.189. The zero-order valence-electron chi connectivity index (χ0n) is 26.1. The fraction of sp³-hybridized carbons (Fsp3) is 0. The second-order valence-corrected chi connectivity index (χ2v) is 12.9. The molecule has 0 saturated heterocycles. The molecule has 0 fully saturated rings. The largest absolute Gasteiger partial charge is 0.309 e. The van der Waals surface area contributed by atoms with Crippen LogP contribution in [0, 0.1) is 0 Å². The van der Waals surface area contributed by atoms with Gasteiger partial charge < -0.3 is 9.13 Å². The Morgan fingerprint density at radius 2 is 0.938 bits per heavy atom. The van der Waals surface area contributed by atoms with Gasteiger partial charge in [0.2, 0.25) is 0 Å². The molecule has 10 aromatic rings. The Morgan fingerprint density at radius 3 is 1.71 bits per heavy atom. The lowest BCUT2D eigenvalue weighted by molar-refractivity contribution is 1.16. The first-order valence-corrected chi connectivity index (χ1v) is 16.6. The summed E-state index contributed by atoms with van der Waals surface area (Å²) in [4.78, 5) is 0. The van der Waals surface area contributed by atoms with E-state index in [1.54, 1.807) is 0 Å². The van der Waals surface area contributed by atoms with Gasteiger partial charge in [-0.15, -0.1) is 0 Å². The second-order valence-electron chi connectivity index (χ2n) is 12.9. The Labute approximate surface area is 277 Å². The molecule has 0 saturated carbocycles. The summed E-state index contributed by atoms with van der Waals surface area (Å²) in [5.41, 5.74) is 13.7. The van der Waals surface area contributed by atoms with Crippen molar-refractivity contribution in [1.29, 1.82) is 0 Å². The van der Waals surface area contributed by atoms with Gasteiger partial charge in [-0.2, -0.15) is 0 Å². The molecule has 0 N–H and O–H groups in total. The van der Waals surface area contributed by atoms with Crippen LogP contribution in [0.3, 0.4) is 0 Å². The van der Waals surface area contributed by atoms with Crippen molar-refractivity contribution in [3.63, 3.8) is 0 Å². The molecule has 0 bridgehead atoms. The van der Waals surface area contributed by atoms with Crippen LogP contribution in [0.1, 0.15) is 0 Å². The lowest BCUT2D eigenvalue weighted by atomic mass is 9.98. The number of fused-ring (bicyclic) bond motifs is 9. The maximum Gasteiger partial charge on any atom is 0.0626 e. The van der Waals surface area contributed by atoms with Crippen molar-refractivity contribution in [1.82, 2.24) is 9.13 Å². The zero-order chi connectivity index (χ0) is 31.3. The maximum absolute atomic E-state index is 2.51. The summed E-state index contributed by atoms with van der Waals surface area (Å²) in [7, 11) is 0. The van der Waals surface area contributed by atoms with Gasteiger partial charge in [-0.1, -0.05) is 127 Å². The minimum absolute atomic E-state index is 1.17. The molecule has 222 valence electrons. The molecule has 0 radical (unpaired) electrons. The third kappa shape index (κ3) is 3.41. The average Bonchev–Trinajstić information content (AvgIpc) is 3.78. The van der Waals surface area contributed by atoms with E-state index in [0.717, 1.165) is 0 Å². The highest BCUT2D eigenvalue weighted by molar-refractivity contribution is 6.22. The number of rotatable bonds is 3. The van der Waals surface area contributed by atoms with Crippen LogP contribution >= 0.6 is 0 Å². The summed E-state index contributed by atoms with van der Waals surface area (Å²) in [6.07, 6.45) is 0. The van der Waals surface area contributed by atoms with E-state index in [0.29, 0.717) is 0 Å². The van der Waals surface area contributed by atoms with Gasteiger partial charge in [-0.3, -0.25) is 0 Å². The fourth-order valence-electron chi connectivity index (χ4n) is 8.40. The van der Waals surface area contributed by atoms with Crippen LogP contribution in [-0.4, -0.2) is 9.13 Å². The van der Waals surface area contributed by atoms with Crippen LogP contribution in [0.2, 0.25) is 0 Å². The van der Waals surface area contributed by atoms with Gasteiger partial charge in [0.25, 0.3) is 0 Å². The van der Waals surface area contributed by atoms with Gasteiger partial charge in [0.1, 0.15) is 0 Å². The Kier molecular flexibility index (Phi) is 5.14. The minimum atomic E-state index is 1.17. The van der Waals surface area contributed by atoms with Crippen LogP contribution in [-0.2, 0) is 0 Å². The molecule has 0 spiro atoms. The molecule has 0 atom stereocenters. The van der Waals surface area contributed by atoms with Crippen molar-refractivity contribution in [3.8, 4) is 44.9 Å². The predicted molar refractivity (Wildman–Crippen MR) is 202 cm³/mol. The topological polar surface area (TPSA) is 9.86 Å². The number of hydrogen-bond donors (Lipinski definition) is 0. The summed E-state index contributed by atoms with van der Waals surface area (Å²) in [6.45, 7) is 0. The van der Waals surface area contributed by atoms with Gasteiger partial charge in [0.05, 0.1) is 27.9 Å². The van der Waals surface area contributed by atoms with Crippen molar-refractivity contribution < 1.29 is 0 Å². The highest BCUT2D eigenvalue weighted by Crippen LogP contribution is 2.53. The molecule has 1 aliphatic carbocycles. The van der Waals surface area contributed by atoms with E-state index >= 15 is 0 Å². The summed E-state index contributed by atoms with van der Waals surface area (Å²) >= 11 is 0. The summed E-state index contributed by atoms with van der Waals surface area (Å²) in [5.74, 6) is 0. The molecular formula is C46H28N2. The van der Waals surface area contributed by atoms with Gasteiger partial charge in [-0.05, 0) is 75.3 Å². The summed E-state index contributed by atoms with van der Waals surface area (Å²) in [5, 5.41) is 8.99. The van der Waals surface area contributed by atoms with Gasteiger partial charge >= 0.3 is 0 Å². The van der Waals surface area contributed by atoms with Crippen molar-refractivity contribution in [2.75, 3.05) is 0 Å². The van der Waals surface area contributed by atoms with Gasteiger partial charge in [-0.25, -0.2) is 0 Å². The van der Waals surface area contributed by atoms with E-state index < -0.39 is 0 Å². The number of benzene rings is 8. The number of aromatic nitrogens is 2. The Balaban J connectivity index is 1.13. The van der Waals surface area contributed by atoms with Gasteiger partial charge in [0, 0.05) is 38.4 Å². The smallest absolute Gasteiger partial charge is 0.0626 e. The predicted octanol–water partition coefficient (Wildman–Crippen LogP) is 12.3. The molecule has 2 aromatic heterocycles. The van der Waals surface area contributed by atoms with Crippen LogP contribution in [0.5, 0.6) is 0 Å². The number of hydrogen-bond acceptors (Lipinski definition) is 0. The Morgan fingerprint density at radius 1 is 0.354 bits per heavy atom. The Hall–Kier alpha value is -6.38. The fourth-order valence-corrected chi connectivity index (χ4v) is 8.40. The molecule has 2 heteroatoms. The highest BCUT2D eigenvalue weighted by Gasteiger charge is 2.30. The molecule has 11 rings (SSSR count). The highest BCUT2D eigenvalue weighted by atomic mass is 15.0. The standard InChI is InChI=1S/C46H28N2/c1-2-14-34-30(10-1)11-9-21-40(34)48-43-27-24-32(28-39(43)45-37-17-7-12-31-13-8-18-38(44(31)37)46(45)48)29-22-25-33(26-23-29)47-41-19-5-3-15-35(41)36-16-4-6-20-42(36)47/h1-28H. The third-order valence-corrected chi connectivity index (χ3v) is 10.4. The molecule has 0 amide bonds. The second kappa shape index (κ2) is 9.57. The molecule has 2 heterocycles. The molecular weight excluding hydrogens is 581 g/mol. The van der Waals surface area contributed by atoms with E-state index in [4.69, 9.17) is 0 Å². The van der Waals surface area contributed by atoms with Crippen LogP contribution in [0.25, 0.3) is 99.1 Å². The number of nitrogens with zero attached hydrogens (tertiary/aromatic N) is 2. The van der Waals surface area contributed by atoms with Crippen LogP contribution in [0.15, 0.2) is 170 Å². The van der Waals surface area contributed by atoms with E-state index in [1.807, 2.05) is 0 Å². The van der Waals surface area contributed by atoms with Gasteiger partial charge in [0.15, 0.2) is 0 Å². The first kappa shape index (κ1) is 25.8. The van der Waals surface area contributed by atoms with Crippen LogP contribution < -0.4 is 0 Å². The minimum Gasteiger partial charge on any atom is -0.309 e.